The molecule has 0 aliphatic heterocycles. The van der Waals surface area contributed by atoms with Gasteiger partial charge in [-0.15, -0.1) is 0 Å². The minimum absolute atomic E-state index is 0.0745. The average Bonchev–Trinajstić information content (AvgIpc) is 2.73. The Labute approximate surface area is 162 Å². The first kappa shape index (κ1) is 18.9. The zero-order valence-corrected chi connectivity index (χ0v) is 15.2. The molecule has 28 heavy (non-hydrogen) atoms. The van der Waals surface area contributed by atoms with Gasteiger partial charge in [0.05, 0.1) is 12.0 Å². The zero-order valence-electron chi connectivity index (χ0n) is 15.2. The van der Waals surface area contributed by atoms with Crippen LogP contribution >= 0.6 is 0 Å². The van der Waals surface area contributed by atoms with E-state index in [0.29, 0.717) is 29.1 Å². The molecule has 0 fully saturated rings. The van der Waals surface area contributed by atoms with E-state index in [1.165, 1.54) is 6.07 Å². The van der Waals surface area contributed by atoms with Crippen molar-refractivity contribution in [2.75, 3.05) is 17.7 Å². The van der Waals surface area contributed by atoms with Crippen LogP contribution in [-0.2, 0) is 6.54 Å². The Kier molecular flexibility index (Phi) is 5.86. The molecular formula is C21H19N3O4. The van der Waals surface area contributed by atoms with Gasteiger partial charge in [0.15, 0.2) is 0 Å². The van der Waals surface area contributed by atoms with Gasteiger partial charge < -0.3 is 15.4 Å². The fraction of sp³-hybridized carbons (Fsp3) is 0.0952. The minimum Gasteiger partial charge on any atom is -0.497 e. The summed E-state index contributed by atoms with van der Waals surface area (Å²) in [7, 11) is 1.58. The highest BCUT2D eigenvalue weighted by molar-refractivity contribution is 6.04. The van der Waals surface area contributed by atoms with Crippen LogP contribution in [0.25, 0.3) is 0 Å². The standard InChI is InChI=1S/C21H19N3O4/c1-28-19-12-10-18(11-13-19)23-21(25)15-6-8-17(9-7-15)22-14-16-4-2-3-5-20(16)24(26)27/h2-13,22H,14H2,1H3,(H,23,25). The summed E-state index contributed by atoms with van der Waals surface area (Å²) in [5.74, 6) is 0.488. The SMILES string of the molecule is COc1ccc(NC(=O)c2ccc(NCc3ccccc3[N+](=O)[O-])cc2)cc1. The van der Waals surface area contributed by atoms with Gasteiger partial charge in [-0.25, -0.2) is 0 Å². The molecule has 0 bridgehead atoms. The number of amides is 1. The second-order valence-corrected chi connectivity index (χ2v) is 6.00. The third-order valence-corrected chi connectivity index (χ3v) is 4.17. The minimum atomic E-state index is -0.399. The first-order valence-corrected chi connectivity index (χ1v) is 8.58. The lowest BCUT2D eigenvalue weighted by atomic mass is 10.1. The Balaban J connectivity index is 1.61. The quantitative estimate of drug-likeness (QED) is 0.468. The number of carbonyl (C=O) groups excluding carboxylic acids is 1. The van der Waals surface area contributed by atoms with E-state index in [2.05, 4.69) is 10.6 Å². The third kappa shape index (κ3) is 4.64. The van der Waals surface area contributed by atoms with Crippen LogP contribution in [0.3, 0.4) is 0 Å². The normalized spacial score (nSPS) is 10.2. The van der Waals surface area contributed by atoms with Crippen LogP contribution in [0.4, 0.5) is 17.1 Å². The number of ether oxygens (including phenoxy) is 1. The van der Waals surface area contributed by atoms with Crippen molar-refractivity contribution in [2.45, 2.75) is 6.54 Å². The Morgan fingerprint density at radius 2 is 1.61 bits per heavy atom. The van der Waals surface area contributed by atoms with Crippen LogP contribution in [0.15, 0.2) is 72.8 Å². The van der Waals surface area contributed by atoms with Gasteiger partial charge >= 0.3 is 0 Å². The van der Waals surface area contributed by atoms with Crippen molar-refractivity contribution in [2.24, 2.45) is 0 Å². The Hall–Kier alpha value is -3.87. The van der Waals surface area contributed by atoms with Crippen molar-refractivity contribution in [3.8, 4) is 5.75 Å². The molecule has 7 nitrogen and oxygen atoms in total. The summed E-state index contributed by atoms with van der Waals surface area (Å²) >= 11 is 0. The average molecular weight is 377 g/mol. The number of nitro benzene ring substituents is 1. The molecule has 0 aromatic heterocycles. The summed E-state index contributed by atoms with van der Waals surface area (Å²) in [5.41, 5.74) is 2.61. The van der Waals surface area contributed by atoms with E-state index in [-0.39, 0.29) is 11.6 Å². The van der Waals surface area contributed by atoms with Crippen LogP contribution in [-0.4, -0.2) is 17.9 Å². The Bertz CT molecular complexity index is 970. The molecule has 3 rings (SSSR count). The molecule has 0 aliphatic carbocycles. The largest absolute Gasteiger partial charge is 0.497 e. The number of benzene rings is 3. The van der Waals surface area contributed by atoms with Gasteiger partial charge in [0.25, 0.3) is 11.6 Å². The number of nitrogens with zero attached hydrogens (tertiary/aromatic N) is 1. The van der Waals surface area contributed by atoms with Crippen molar-refractivity contribution < 1.29 is 14.5 Å². The number of hydrogen-bond donors (Lipinski definition) is 2. The molecule has 0 spiro atoms. The predicted molar refractivity (Wildman–Crippen MR) is 108 cm³/mol. The molecule has 3 aromatic rings. The van der Waals surface area contributed by atoms with Crippen LogP contribution in [0.2, 0.25) is 0 Å². The van der Waals surface area contributed by atoms with Crippen LogP contribution < -0.4 is 15.4 Å². The monoisotopic (exact) mass is 377 g/mol. The van der Waals surface area contributed by atoms with Gasteiger partial charge in [-0.2, -0.15) is 0 Å². The number of nitrogens with one attached hydrogen (secondary N) is 2. The summed E-state index contributed by atoms with van der Waals surface area (Å²) in [6, 6.07) is 20.6. The van der Waals surface area contributed by atoms with E-state index < -0.39 is 4.92 Å². The highest BCUT2D eigenvalue weighted by Gasteiger charge is 2.12. The number of methoxy groups -OCH3 is 1. The van der Waals surface area contributed by atoms with Crippen LogP contribution in [0.1, 0.15) is 15.9 Å². The Morgan fingerprint density at radius 3 is 2.25 bits per heavy atom. The summed E-state index contributed by atoms with van der Waals surface area (Å²) in [4.78, 5) is 23.0. The predicted octanol–water partition coefficient (Wildman–Crippen LogP) is 4.47. The second-order valence-electron chi connectivity index (χ2n) is 6.00. The number of anilines is 2. The number of nitro groups is 1. The highest BCUT2D eigenvalue weighted by Crippen LogP contribution is 2.20. The zero-order chi connectivity index (χ0) is 19.9. The molecule has 0 saturated carbocycles. The number of para-hydroxylation sites is 1. The molecular weight excluding hydrogens is 358 g/mol. The molecule has 1 amide bonds. The second kappa shape index (κ2) is 8.68. The molecule has 0 saturated heterocycles. The molecule has 2 N–H and O–H groups in total. The van der Waals surface area contributed by atoms with Crippen LogP contribution in [0, 0.1) is 10.1 Å². The van der Waals surface area contributed by atoms with Gasteiger partial charge in [0.1, 0.15) is 5.75 Å². The van der Waals surface area contributed by atoms with Crippen LogP contribution in [0.5, 0.6) is 5.75 Å². The molecule has 0 aliphatic rings. The van der Waals surface area contributed by atoms with E-state index in [9.17, 15) is 14.9 Å². The topological polar surface area (TPSA) is 93.5 Å². The van der Waals surface area contributed by atoms with Gasteiger partial charge in [0.2, 0.25) is 0 Å². The maximum absolute atomic E-state index is 12.3. The van der Waals surface area contributed by atoms with Gasteiger partial charge in [0, 0.05) is 35.1 Å². The highest BCUT2D eigenvalue weighted by atomic mass is 16.6. The van der Waals surface area contributed by atoms with E-state index in [1.807, 2.05) is 0 Å². The molecule has 142 valence electrons. The molecule has 3 aromatic carbocycles. The van der Waals surface area contributed by atoms with E-state index in [0.717, 1.165) is 5.69 Å². The molecule has 0 heterocycles. The number of rotatable bonds is 7. The van der Waals surface area contributed by atoms with Crippen molar-refractivity contribution >= 4 is 23.0 Å². The van der Waals surface area contributed by atoms with Gasteiger partial charge in [-0.1, -0.05) is 18.2 Å². The van der Waals surface area contributed by atoms with Gasteiger partial charge in [-0.3, -0.25) is 14.9 Å². The van der Waals surface area contributed by atoms with E-state index >= 15 is 0 Å². The van der Waals surface area contributed by atoms with Crippen molar-refractivity contribution in [1.29, 1.82) is 0 Å². The molecule has 0 radical (unpaired) electrons. The molecule has 0 atom stereocenters. The lowest BCUT2D eigenvalue weighted by molar-refractivity contribution is -0.385. The van der Waals surface area contributed by atoms with Gasteiger partial charge in [-0.05, 0) is 48.5 Å². The summed E-state index contributed by atoms with van der Waals surface area (Å²) in [6.45, 7) is 0.314. The fourth-order valence-corrected chi connectivity index (χ4v) is 2.65. The summed E-state index contributed by atoms with van der Waals surface area (Å²) in [6.07, 6.45) is 0. The third-order valence-electron chi connectivity index (χ3n) is 4.17. The number of carbonyl (C=O) groups is 1. The lowest BCUT2D eigenvalue weighted by Crippen LogP contribution is -2.11. The number of hydrogen-bond acceptors (Lipinski definition) is 5. The maximum Gasteiger partial charge on any atom is 0.274 e. The summed E-state index contributed by atoms with van der Waals surface area (Å²) in [5, 5.41) is 17.0. The Morgan fingerprint density at radius 1 is 0.964 bits per heavy atom. The lowest BCUT2D eigenvalue weighted by Gasteiger charge is -2.09. The van der Waals surface area contributed by atoms with Crippen molar-refractivity contribution in [3.05, 3.63) is 94.0 Å². The first-order valence-electron chi connectivity index (χ1n) is 8.58. The fourth-order valence-electron chi connectivity index (χ4n) is 2.65. The maximum atomic E-state index is 12.3. The summed E-state index contributed by atoms with van der Waals surface area (Å²) < 4.78 is 5.09. The smallest absolute Gasteiger partial charge is 0.274 e. The van der Waals surface area contributed by atoms with E-state index in [1.54, 1.807) is 73.8 Å². The first-order chi connectivity index (χ1) is 13.6. The van der Waals surface area contributed by atoms with E-state index in [4.69, 9.17) is 4.74 Å². The molecule has 7 heteroatoms. The molecule has 0 unspecified atom stereocenters. The van der Waals surface area contributed by atoms with Crippen molar-refractivity contribution in [1.82, 2.24) is 0 Å². The van der Waals surface area contributed by atoms with Crippen molar-refractivity contribution in [3.63, 3.8) is 0 Å².